The number of aryl methyl sites for hydroxylation is 1. The minimum atomic E-state index is 0.177. The molecular formula is C20H27N. The van der Waals surface area contributed by atoms with E-state index in [9.17, 15) is 0 Å². The van der Waals surface area contributed by atoms with Gasteiger partial charge >= 0.3 is 0 Å². The molecule has 0 heterocycles. The Hall–Kier alpha value is -1.60. The highest BCUT2D eigenvalue weighted by Crippen LogP contribution is 2.27. The highest BCUT2D eigenvalue weighted by Gasteiger charge is 2.31. The van der Waals surface area contributed by atoms with E-state index in [0.29, 0.717) is 0 Å². The molecule has 1 heteroatoms. The molecule has 0 aliphatic rings. The Morgan fingerprint density at radius 3 is 1.81 bits per heavy atom. The molecule has 0 aromatic heterocycles. The highest BCUT2D eigenvalue weighted by atomic mass is 15.1. The molecule has 0 saturated carbocycles. The quantitative estimate of drug-likeness (QED) is 0.754. The lowest BCUT2D eigenvalue weighted by molar-refractivity contribution is 0.143. The van der Waals surface area contributed by atoms with Crippen LogP contribution in [0.4, 0.5) is 0 Å². The summed E-state index contributed by atoms with van der Waals surface area (Å²) in [6.07, 6.45) is 3.32. The minimum absolute atomic E-state index is 0.177. The summed E-state index contributed by atoms with van der Waals surface area (Å²) in [5.74, 6) is 0. The van der Waals surface area contributed by atoms with Crippen molar-refractivity contribution in [2.75, 3.05) is 14.1 Å². The second-order valence-corrected chi connectivity index (χ2v) is 6.30. The molecule has 0 saturated heterocycles. The summed E-state index contributed by atoms with van der Waals surface area (Å²) in [7, 11) is 4.42. The zero-order valence-electron chi connectivity index (χ0n) is 13.8. The number of likely N-dealkylation sites (N-methyl/N-ethyl adjacent to an activating group) is 1. The third kappa shape index (κ3) is 3.95. The molecule has 112 valence electrons. The van der Waals surface area contributed by atoms with Gasteiger partial charge in [-0.1, -0.05) is 67.1 Å². The number of rotatable bonds is 6. The van der Waals surface area contributed by atoms with Gasteiger partial charge in [0.15, 0.2) is 0 Å². The number of hydrogen-bond acceptors (Lipinski definition) is 1. The maximum Gasteiger partial charge on any atom is 0.0281 e. The summed E-state index contributed by atoms with van der Waals surface area (Å²) in [5.41, 5.74) is 4.34. The number of nitrogens with zero attached hydrogens (tertiary/aromatic N) is 1. The first-order valence-corrected chi connectivity index (χ1v) is 7.82. The molecule has 0 aliphatic heterocycles. The van der Waals surface area contributed by atoms with Gasteiger partial charge in [0.1, 0.15) is 0 Å². The summed E-state index contributed by atoms with van der Waals surface area (Å²) in [5, 5.41) is 0. The first-order chi connectivity index (χ1) is 10.1. The fourth-order valence-corrected chi connectivity index (χ4v) is 3.01. The molecule has 1 atom stereocenters. The molecule has 2 aromatic carbocycles. The van der Waals surface area contributed by atoms with Crippen LogP contribution in [0.25, 0.3) is 0 Å². The average Bonchev–Trinajstić information content (AvgIpc) is 2.49. The fraction of sp³-hybridized carbons (Fsp3) is 0.400. The third-order valence-electron chi connectivity index (χ3n) is 4.64. The van der Waals surface area contributed by atoms with Gasteiger partial charge in [-0.05, 0) is 51.4 Å². The van der Waals surface area contributed by atoms with E-state index < -0.39 is 0 Å². The van der Waals surface area contributed by atoms with Crippen LogP contribution < -0.4 is 0 Å². The fourth-order valence-electron chi connectivity index (χ4n) is 3.01. The maximum absolute atomic E-state index is 2.40. The molecule has 0 N–H and O–H groups in total. The van der Waals surface area contributed by atoms with E-state index in [2.05, 4.69) is 87.4 Å². The van der Waals surface area contributed by atoms with Crippen molar-refractivity contribution < 1.29 is 0 Å². The zero-order chi connectivity index (χ0) is 15.3. The largest absolute Gasteiger partial charge is 0.303 e. The topological polar surface area (TPSA) is 3.24 Å². The number of benzene rings is 2. The molecule has 1 unspecified atom stereocenters. The normalized spacial score (nSPS) is 14.1. The zero-order valence-corrected chi connectivity index (χ0v) is 13.8. The first kappa shape index (κ1) is 15.8. The molecule has 0 fully saturated rings. The van der Waals surface area contributed by atoms with E-state index in [1.54, 1.807) is 0 Å². The molecule has 1 nitrogen and oxygen atoms in total. The van der Waals surface area contributed by atoms with Crippen LogP contribution in [-0.2, 0) is 12.8 Å². The summed E-state index contributed by atoms with van der Waals surface area (Å²) < 4.78 is 0. The Kier molecular flexibility index (Phi) is 5.19. The van der Waals surface area contributed by atoms with Crippen molar-refractivity contribution in [3.05, 3.63) is 71.3 Å². The van der Waals surface area contributed by atoms with E-state index in [-0.39, 0.29) is 5.54 Å². The summed E-state index contributed by atoms with van der Waals surface area (Å²) in [4.78, 5) is 2.40. The molecular weight excluding hydrogens is 254 g/mol. The van der Waals surface area contributed by atoms with E-state index in [1.165, 1.54) is 16.7 Å². The molecule has 2 rings (SSSR count). The van der Waals surface area contributed by atoms with Crippen molar-refractivity contribution in [2.45, 2.75) is 38.6 Å². The monoisotopic (exact) mass is 281 g/mol. The van der Waals surface area contributed by atoms with E-state index in [0.717, 1.165) is 19.3 Å². The standard InChI is InChI=1S/C20H27N/c1-5-20(21(3)4,15-18-9-7-6-8-10-18)16-19-13-11-17(2)12-14-19/h6-14H,5,15-16H2,1-4H3. The smallest absolute Gasteiger partial charge is 0.0281 e. The molecule has 21 heavy (non-hydrogen) atoms. The van der Waals surface area contributed by atoms with Gasteiger partial charge < -0.3 is 4.90 Å². The summed E-state index contributed by atoms with van der Waals surface area (Å²) in [6, 6.07) is 19.8. The van der Waals surface area contributed by atoms with Gasteiger partial charge in [-0.25, -0.2) is 0 Å². The van der Waals surface area contributed by atoms with Crippen LogP contribution in [0.5, 0.6) is 0 Å². The first-order valence-electron chi connectivity index (χ1n) is 7.82. The number of hydrogen-bond donors (Lipinski definition) is 0. The Balaban J connectivity index is 2.26. The van der Waals surface area contributed by atoms with Gasteiger partial charge in [-0.2, -0.15) is 0 Å². The minimum Gasteiger partial charge on any atom is -0.303 e. The lowest BCUT2D eigenvalue weighted by Crippen LogP contribution is -2.47. The van der Waals surface area contributed by atoms with Crippen LogP contribution in [0.15, 0.2) is 54.6 Å². The molecule has 0 radical (unpaired) electrons. The maximum atomic E-state index is 2.40. The van der Waals surface area contributed by atoms with E-state index in [4.69, 9.17) is 0 Å². The van der Waals surface area contributed by atoms with Gasteiger partial charge in [0, 0.05) is 5.54 Å². The van der Waals surface area contributed by atoms with Gasteiger partial charge in [0.2, 0.25) is 0 Å². The van der Waals surface area contributed by atoms with Crippen LogP contribution in [0, 0.1) is 6.92 Å². The lowest BCUT2D eigenvalue weighted by Gasteiger charge is -2.40. The van der Waals surface area contributed by atoms with Crippen molar-refractivity contribution >= 4 is 0 Å². The SMILES string of the molecule is CCC(Cc1ccccc1)(Cc1ccc(C)cc1)N(C)C. The van der Waals surface area contributed by atoms with Gasteiger partial charge in [-0.3, -0.25) is 0 Å². The predicted molar refractivity (Wildman–Crippen MR) is 91.7 cm³/mol. The van der Waals surface area contributed by atoms with Gasteiger partial charge in [0.05, 0.1) is 0 Å². The third-order valence-corrected chi connectivity index (χ3v) is 4.64. The van der Waals surface area contributed by atoms with Crippen molar-refractivity contribution in [3.63, 3.8) is 0 Å². The average molecular weight is 281 g/mol. The summed E-state index contributed by atoms with van der Waals surface area (Å²) in [6.45, 7) is 4.45. The highest BCUT2D eigenvalue weighted by molar-refractivity contribution is 5.25. The lowest BCUT2D eigenvalue weighted by atomic mass is 9.81. The van der Waals surface area contributed by atoms with Gasteiger partial charge in [0.25, 0.3) is 0 Å². The Labute approximate surface area is 129 Å². The predicted octanol–water partition coefficient (Wildman–Crippen LogP) is 4.49. The van der Waals surface area contributed by atoms with Crippen molar-refractivity contribution in [1.29, 1.82) is 0 Å². The Bertz CT molecular complexity index is 542. The molecule has 0 amide bonds. The Morgan fingerprint density at radius 1 is 0.810 bits per heavy atom. The van der Waals surface area contributed by atoms with E-state index in [1.807, 2.05) is 0 Å². The van der Waals surface area contributed by atoms with Gasteiger partial charge in [-0.15, -0.1) is 0 Å². The Morgan fingerprint density at radius 2 is 1.33 bits per heavy atom. The second kappa shape index (κ2) is 6.91. The van der Waals surface area contributed by atoms with Crippen LogP contribution in [-0.4, -0.2) is 24.5 Å². The van der Waals surface area contributed by atoms with Crippen LogP contribution in [0.2, 0.25) is 0 Å². The molecule has 0 spiro atoms. The van der Waals surface area contributed by atoms with Crippen LogP contribution in [0.3, 0.4) is 0 Å². The van der Waals surface area contributed by atoms with Crippen molar-refractivity contribution in [3.8, 4) is 0 Å². The summed E-state index contributed by atoms with van der Waals surface area (Å²) >= 11 is 0. The second-order valence-electron chi connectivity index (χ2n) is 6.30. The molecule has 0 aliphatic carbocycles. The van der Waals surface area contributed by atoms with Crippen molar-refractivity contribution in [1.82, 2.24) is 4.90 Å². The van der Waals surface area contributed by atoms with Crippen LogP contribution >= 0.6 is 0 Å². The molecule has 0 bridgehead atoms. The van der Waals surface area contributed by atoms with Crippen LogP contribution in [0.1, 0.15) is 30.0 Å². The van der Waals surface area contributed by atoms with Crippen molar-refractivity contribution in [2.24, 2.45) is 0 Å². The van der Waals surface area contributed by atoms with E-state index >= 15 is 0 Å². The molecule has 2 aromatic rings.